The van der Waals surface area contributed by atoms with Gasteiger partial charge in [0.05, 0.1) is 29.3 Å². The lowest BCUT2D eigenvalue weighted by atomic mass is 10.1. The van der Waals surface area contributed by atoms with Gasteiger partial charge in [-0.05, 0) is 36.1 Å². The third kappa shape index (κ3) is 3.60. The highest BCUT2D eigenvalue weighted by Gasteiger charge is 2.20. The molecule has 2 aromatic rings. The Kier molecular flexibility index (Phi) is 4.40. The fourth-order valence-electron chi connectivity index (χ4n) is 1.92. The van der Waals surface area contributed by atoms with Crippen molar-refractivity contribution in [3.8, 4) is 5.75 Å². The summed E-state index contributed by atoms with van der Waals surface area (Å²) in [6, 6.07) is 7.49. The Hall–Kier alpha value is -2.90. The number of phenols is 1. The van der Waals surface area contributed by atoms with Gasteiger partial charge in [-0.25, -0.2) is 0 Å². The minimum absolute atomic E-state index is 0.116. The third-order valence-corrected chi connectivity index (χ3v) is 3.18. The summed E-state index contributed by atoms with van der Waals surface area (Å²) in [7, 11) is 0. The summed E-state index contributed by atoms with van der Waals surface area (Å²) in [5, 5.41) is 26.4. The van der Waals surface area contributed by atoms with Gasteiger partial charge >= 0.3 is 5.82 Å². The smallest absolute Gasteiger partial charge is 0.390 e. The van der Waals surface area contributed by atoms with E-state index in [0.717, 1.165) is 0 Å². The molecule has 0 aliphatic rings. The van der Waals surface area contributed by atoms with Crippen molar-refractivity contribution in [2.24, 2.45) is 5.92 Å². The van der Waals surface area contributed by atoms with Crippen molar-refractivity contribution in [3.05, 3.63) is 46.1 Å². The van der Waals surface area contributed by atoms with E-state index >= 15 is 0 Å². The Labute approximate surface area is 126 Å². The van der Waals surface area contributed by atoms with Gasteiger partial charge in [0, 0.05) is 5.69 Å². The van der Waals surface area contributed by atoms with Crippen LogP contribution in [0.5, 0.6) is 5.75 Å². The number of rotatable bonds is 5. The highest BCUT2D eigenvalue weighted by Crippen LogP contribution is 2.16. The Balaban J connectivity index is 2.02. The SMILES string of the molecule is Cc1cc([N+](=O)[O-])nn1CC(C)C(=O)Nc1ccc(O)cc1. The normalized spacial score (nSPS) is 11.9. The monoisotopic (exact) mass is 304 g/mol. The number of hydrogen-bond donors (Lipinski definition) is 2. The second kappa shape index (κ2) is 6.25. The number of aromatic hydroxyl groups is 1. The fraction of sp³-hybridized carbons (Fsp3) is 0.286. The Morgan fingerprint density at radius 2 is 2.09 bits per heavy atom. The number of benzene rings is 1. The van der Waals surface area contributed by atoms with Crippen molar-refractivity contribution in [3.63, 3.8) is 0 Å². The average molecular weight is 304 g/mol. The summed E-state index contributed by atoms with van der Waals surface area (Å²) in [6.07, 6.45) is 0. The first-order valence-electron chi connectivity index (χ1n) is 6.65. The maximum absolute atomic E-state index is 12.1. The van der Waals surface area contributed by atoms with Crippen LogP contribution in [0, 0.1) is 23.0 Å². The van der Waals surface area contributed by atoms with Gasteiger partial charge in [-0.3, -0.25) is 4.79 Å². The van der Waals surface area contributed by atoms with Crippen molar-refractivity contribution in [2.75, 3.05) is 5.32 Å². The number of hydrogen-bond acceptors (Lipinski definition) is 5. The van der Waals surface area contributed by atoms with Crippen LogP contribution in [0.3, 0.4) is 0 Å². The Bertz CT molecular complexity index is 693. The maximum atomic E-state index is 12.1. The zero-order chi connectivity index (χ0) is 16.3. The second-order valence-corrected chi connectivity index (χ2v) is 5.02. The van der Waals surface area contributed by atoms with E-state index in [-0.39, 0.29) is 24.0 Å². The first-order valence-corrected chi connectivity index (χ1v) is 6.65. The largest absolute Gasteiger partial charge is 0.508 e. The van der Waals surface area contributed by atoms with Crippen LogP contribution in [0.25, 0.3) is 0 Å². The maximum Gasteiger partial charge on any atom is 0.390 e. The topological polar surface area (TPSA) is 110 Å². The zero-order valence-corrected chi connectivity index (χ0v) is 12.2. The molecular weight excluding hydrogens is 288 g/mol. The number of nitrogens with one attached hydrogen (secondary N) is 1. The van der Waals surface area contributed by atoms with Crippen molar-refractivity contribution < 1.29 is 14.8 Å². The minimum Gasteiger partial charge on any atom is -0.508 e. The van der Waals surface area contributed by atoms with E-state index in [1.54, 1.807) is 26.0 Å². The van der Waals surface area contributed by atoms with Crippen molar-refractivity contribution in [1.29, 1.82) is 0 Å². The molecule has 116 valence electrons. The molecule has 1 atom stereocenters. The van der Waals surface area contributed by atoms with Gasteiger partial charge in [0.25, 0.3) is 0 Å². The summed E-state index contributed by atoms with van der Waals surface area (Å²) in [5.74, 6) is -0.774. The fourth-order valence-corrected chi connectivity index (χ4v) is 1.92. The van der Waals surface area contributed by atoms with E-state index in [1.807, 2.05) is 0 Å². The summed E-state index contributed by atoms with van der Waals surface area (Å²) in [6.45, 7) is 3.65. The molecule has 1 amide bonds. The van der Waals surface area contributed by atoms with Gasteiger partial charge in [-0.1, -0.05) is 6.92 Å². The molecule has 0 aliphatic heterocycles. The van der Waals surface area contributed by atoms with Crippen LogP contribution in [0.2, 0.25) is 0 Å². The second-order valence-electron chi connectivity index (χ2n) is 5.02. The number of nitrogens with zero attached hydrogens (tertiary/aromatic N) is 3. The molecule has 0 saturated heterocycles. The van der Waals surface area contributed by atoms with Gasteiger partial charge in [-0.2, -0.15) is 4.68 Å². The number of nitro groups is 1. The molecule has 22 heavy (non-hydrogen) atoms. The van der Waals surface area contributed by atoms with Crippen LogP contribution in [0.4, 0.5) is 11.5 Å². The number of aromatic nitrogens is 2. The molecule has 2 N–H and O–H groups in total. The minimum atomic E-state index is -0.565. The van der Waals surface area contributed by atoms with Crippen LogP contribution in [-0.4, -0.2) is 25.7 Å². The predicted octanol–water partition coefficient (Wildman–Crippen LogP) is 2.08. The number of amides is 1. The summed E-state index contributed by atoms with van der Waals surface area (Å²) in [4.78, 5) is 22.2. The molecule has 0 radical (unpaired) electrons. The molecule has 8 nitrogen and oxygen atoms in total. The van der Waals surface area contributed by atoms with E-state index < -0.39 is 10.8 Å². The molecule has 0 spiro atoms. The number of phenolic OH excluding ortho intramolecular Hbond substituents is 1. The first-order chi connectivity index (χ1) is 10.4. The molecule has 8 heteroatoms. The number of anilines is 1. The summed E-state index contributed by atoms with van der Waals surface area (Å²) >= 11 is 0. The standard InChI is InChI=1S/C14H16N4O4/c1-9(8-17-10(2)7-13(16-17)18(21)22)14(20)15-11-3-5-12(19)6-4-11/h3-7,9,19H,8H2,1-2H3,(H,15,20). The highest BCUT2D eigenvalue weighted by atomic mass is 16.6. The van der Waals surface area contributed by atoms with Gasteiger partial charge in [0.2, 0.25) is 5.91 Å². The van der Waals surface area contributed by atoms with E-state index in [4.69, 9.17) is 0 Å². The van der Waals surface area contributed by atoms with Crippen LogP contribution in [0.15, 0.2) is 30.3 Å². The summed E-state index contributed by atoms with van der Waals surface area (Å²) < 4.78 is 1.44. The van der Waals surface area contributed by atoms with Crippen molar-refractivity contribution >= 4 is 17.4 Å². The molecule has 0 bridgehead atoms. The molecular formula is C14H16N4O4. The lowest BCUT2D eigenvalue weighted by molar-refractivity contribution is -0.389. The van der Waals surface area contributed by atoms with E-state index in [1.165, 1.54) is 22.9 Å². The first kappa shape index (κ1) is 15.5. The molecule has 1 unspecified atom stereocenters. The lowest BCUT2D eigenvalue weighted by Crippen LogP contribution is -2.25. The quantitative estimate of drug-likeness (QED) is 0.499. The van der Waals surface area contributed by atoms with Crippen molar-refractivity contribution in [1.82, 2.24) is 9.78 Å². The van der Waals surface area contributed by atoms with E-state index in [0.29, 0.717) is 11.4 Å². The van der Waals surface area contributed by atoms with E-state index in [2.05, 4.69) is 10.4 Å². The Morgan fingerprint density at radius 3 is 2.64 bits per heavy atom. The zero-order valence-electron chi connectivity index (χ0n) is 12.2. The molecule has 1 heterocycles. The predicted molar refractivity (Wildman–Crippen MR) is 79.5 cm³/mol. The van der Waals surface area contributed by atoms with Crippen molar-refractivity contribution in [2.45, 2.75) is 20.4 Å². The van der Waals surface area contributed by atoms with Crippen LogP contribution in [-0.2, 0) is 11.3 Å². The molecule has 0 fully saturated rings. The lowest BCUT2D eigenvalue weighted by Gasteiger charge is -2.11. The highest BCUT2D eigenvalue weighted by molar-refractivity contribution is 5.92. The molecule has 2 rings (SSSR count). The van der Waals surface area contributed by atoms with Gasteiger partial charge in [0.15, 0.2) is 0 Å². The molecule has 0 saturated carbocycles. The average Bonchev–Trinajstić information content (AvgIpc) is 2.83. The summed E-state index contributed by atoms with van der Waals surface area (Å²) in [5.41, 5.74) is 1.19. The molecule has 1 aromatic heterocycles. The number of aryl methyl sites for hydroxylation is 1. The molecule has 1 aromatic carbocycles. The Morgan fingerprint density at radius 1 is 1.45 bits per heavy atom. The van der Waals surface area contributed by atoms with Crippen LogP contribution >= 0.6 is 0 Å². The van der Waals surface area contributed by atoms with Gasteiger partial charge in [-0.15, -0.1) is 0 Å². The third-order valence-electron chi connectivity index (χ3n) is 3.18. The van der Waals surface area contributed by atoms with Crippen LogP contribution in [0.1, 0.15) is 12.6 Å². The molecule has 0 aliphatic carbocycles. The number of carbonyl (C=O) groups is 1. The van der Waals surface area contributed by atoms with E-state index in [9.17, 15) is 20.0 Å². The van der Waals surface area contributed by atoms with Crippen LogP contribution < -0.4 is 5.32 Å². The van der Waals surface area contributed by atoms with Gasteiger partial charge < -0.3 is 20.5 Å². The number of carbonyl (C=O) groups excluding carboxylic acids is 1. The van der Waals surface area contributed by atoms with Gasteiger partial charge in [0.1, 0.15) is 5.75 Å².